The third-order valence-electron chi connectivity index (χ3n) is 2.60. The van der Waals surface area contributed by atoms with Gasteiger partial charge in [0, 0.05) is 12.6 Å². The SMILES string of the molecule is CCNc1nc(Oc2cccc(C)c2F)c(F)cc1F. The molecule has 0 radical (unpaired) electrons. The Morgan fingerprint density at radius 3 is 2.65 bits per heavy atom. The Balaban J connectivity index is 2.38. The summed E-state index contributed by atoms with van der Waals surface area (Å²) in [6, 6.07) is 5.12. The molecule has 6 heteroatoms. The van der Waals surface area contributed by atoms with E-state index in [0.717, 1.165) is 0 Å². The van der Waals surface area contributed by atoms with Crippen LogP contribution in [0.3, 0.4) is 0 Å². The highest BCUT2D eigenvalue weighted by atomic mass is 19.1. The maximum Gasteiger partial charge on any atom is 0.258 e. The number of rotatable bonds is 4. The number of benzene rings is 1. The molecule has 3 nitrogen and oxygen atoms in total. The topological polar surface area (TPSA) is 34.2 Å². The lowest BCUT2D eigenvalue weighted by Crippen LogP contribution is -2.05. The van der Waals surface area contributed by atoms with E-state index in [9.17, 15) is 13.2 Å². The van der Waals surface area contributed by atoms with Gasteiger partial charge in [0.15, 0.2) is 29.0 Å². The van der Waals surface area contributed by atoms with Crippen molar-refractivity contribution in [2.45, 2.75) is 13.8 Å². The number of anilines is 1. The van der Waals surface area contributed by atoms with Crippen LogP contribution in [0.5, 0.6) is 11.6 Å². The van der Waals surface area contributed by atoms with E-state index in [1.165, 1.54) is 6.07 Å². The van der Waals surface area contributed by atoms with Gasteiger partial charge >= 0.3 is 0 Å². The fourth-order valence-corrected chi connectivity index (χ4v) is 1.62. The van der Waals surface area contributed by atoms with Crippen molar-refractivity contribution in [2.75, 3.05) is 11.9 Å². The van der Waals surface area contributed by atoms with Crippen LogP contribution >= 0.6 is 0 Å². The van der Waals surface area contributed by atoms with Gasteiger partial charge in [0.25, 0.3) is 5.88 Å². The van der Waals surface area contributed by atoms with Crippen LogP contribution < -0.4 is 10.1 Å². The third kappa shape index (κ3) is 2.84. The molecule has 0 aliphatic heterocycles. The van der Waals surface area contributed by atoms with Crippen LogP contribution in [0.4, 0.5) is 19.0 Å². The second kappa shape index (κ2) is 5.81. The highest BCUT2D eigenvalue weighted by molar-refractivity contribution is 5.41. The van der Waals surface area contributed by atoms with Gasteiger partial charge in [-0.1, -0.05) is 12.1 Å². The van der Waals surface area contributed by atoms with Gasteiger partial charge in [0.1, 0.15) is 0 Å². The van der Waals surface area contributed by atoms with Gasteiger partial charge in [0.05, 0.1) is 0 Å². The van der Waals surface area contributed by atoms with Crippen LogP contribution in [-0.4, -0.2) is 11.5 Å². The van der Waals surface area contributed by atoms with Gasteiger partial charge in [-0.3, -0.25) is 0 Å². The molecule has 1 N–H and O–H groups in total. The molecule has 0 unspecified atom stereocenters. The van der Waals surface area contributed by atoms with Crippen molar-refractivity contribution in [3.8, 4) is 11.6 Å². The Hall–Kier alpha value is -2.24. The molecule has 106 valence electrons. The molecule has 2 aromatic rings. The quantitative estimate of drug-likeness (QED) is 0.919. The van der Waals surface area contributed by atoms with Crippen molar-refractivity contribution >= 4 is 5.82 Å². The van der Waals surface area contributed by atoms with E-state index in [-0.39, 0.29) is 11.6 Å². The number of pyridine rings is 1. The zero-order valence-electron chi connectivity index (χ0n) is 11.0. The average Bonchev–Trinajstić information content (AvgIpc) is 2.40. The Morgan fingerprint density at radius 1 is 1.20 bits per heavy atom. The van der Waals surface area contributed by atoms with Crippen LogP contribution in [-0.2, 0) is 0 Å². The molecule has 0 spiro atoms. The van der Waals surface area contributed by atoms with Crippen molar-refractivity contribution in [2.24, 2.45) is 0 Å². The monoisotopic (exact) mass is 282 g/mol. The summed E-state index contributed by atoms with van der Waals surface area (Å²) in [4.78, 5) is 3.68. The van der Waals surface area contributed by atoms with E-state index in [2.05, 4.69) is 10.3 Å². The molecule has 0 aliphatic carbocycles. The van der Waals surface area contributed by atoms with Crippen LogP contribution in [0.25, 0.3) is 0 Å². The van der Waals surface area contributed by atoms with Crippen molar-refractivity contribution in [3.05, 3.63) is 47.3 Å². The first-order valence-corrected chi connectivity index (χ1v) is 6.05. The Morgan fingerprint density at radius 2 is 1.95 bits per heavy atom. The first-order valence-electron chi connectivity index (χ1n) is 6.05. The van der Waals surface area contributed by atoms with E-state index in [0.29, 0.717) is 18.2 Å². The molecule has 0 aliphatic rings. The van der Waals surface area contributed by atoms with Crippen LogP contribution in [0.2, 0.25) is 0 Å². The fourth-order valence-electron chi connectivity index (χ4n) is 1.62. The molecule has 20 heavy (non-hydrogen) atoms. The van der Waals surface area contributed by atoms with E-state index in [1.54, 1.807) is 26.0 Å². The minimum atomic E-state index is -0.995. The van der Waals surface area contributed by atoms with Crippen LogP contribution in [0.1, 0.15) is 12.5 Å². The Bertz CT molecular complexity index is 632. The zero-order chi connectivity index (χ0) is 14.7. The smallest absolute Gasteiger partial charge is 0.258 e. The second-order valence-corrected chi connectivity index (χ2v) is 4.13. The molecule has 0 saturated heterocycles. The Kier molecular flexibility index (Phi) is 4.12. The van der Waals surface area contributed by atoms with Crippen molar-refractivity contribution in [1.29, 1.82) is 0 Å². The minimum absolute atomic E-state index is 0.142. The second-order valence-electron chi connectivity index (χ2n) is 4.13. The van der Waals surface area contributed by atoms with Crippen LogP contribution in [0, 0.1) is 24.4 Å². The minimum Gasteiger partial charge on any atom is -0.433 e. The zero-order valence-corrected chi connectivity index (χ0v) is 11.0. The molecule has 0 saturated carbocycles. The predicted octanol–water partition coefficient (Wildman–Crippen LogP) is 4.03. The highest BCUT2D eigenvalue weighted by Crippen LogP contribution is 2.28. The number of ether oxygens (including phenoxy) is 1. The summed E-state index contributed by atoms with van der Waals surface area (Å²) < 4.78 is 45.9. The van der Waals surface area contributed by atoms with Gasteiger partial charge in [0.2, 0.25) is 0 Å². The largest absolute Gasteiger partial charge is 0.433 e. The van der Waals surface area contributed by atoms with Crippen molar-refractivity contribution in [3.63, 3.8) is 0 Å². The molecule has 0 fully saturated rings. The van der Waals surface area contributed by atoms with E-state index in [4.69, 9.17) is 4.74 Å². The number of hydrogen-bond acceptors (Lipinski definition) is 3. The van der Waals surface area contributed by atoms with Crippen molar-refractivity contribution < 1.29 is 17.9 Å². The lowest BCUT2D eigenvalue weighted by Gasteiger charge is -2.10. The molecule has 1 aromatic heterocycles. The molecule has 0 bridgehead atoms. The normalized spacial score (nSPS) is 10.4. The number of nitrogens with one attached hydrogen (secondary N) is 1. The maximum absolute atomic E-state index is 13.8. The molecular formula is C14H13F3N2O. The summed E-state index contributed by atoms with van der Waals surface area (Å²) in [7, 11) is 0. The van der Waals surface area contributed by atoms with E-state index >= 15 is 0 Å². The van der Waals surface area contributed by atoms with E-state index < -0.39 is 23.3 Å². The highest BCUT2D eigenvalue weighted by Gasteiger charge is 2.15. The predicted molar refractivity (Wildman–Crippen MR) is 69.5 cm³/mol. The van der Waals surface area contributed by atoms with Gasteiger partial charge in [-0.2, -0.15) is 4.98 Å². The molecule has 0 atom stereocenters. The lowest BCUT2D eigenvalue weighted by atomic mass is 10.2. The third-order valence-corrected chi connectivity index (χ3v) is 2.60. The number of aryl methyl sites for hydroxylation is 1. The van der Waals surface area contributed by atoms with Crippen molar-refractivity contribution in [1.82, 2.24) is 4.98 Å². The number of halogens is 3. The summed E-state index contributed by atoms with van der Waals surface area (Å²) in [6.45, 7) is 3.71. The van der Waals surface area contributed by atoms with E-state index in [1.807, 2.05) is 0 Å². The number of hydrogen-bond donors (Lipinski definition) is 1. The van der Waals surface area contributed by atoms with Crippen LogP contribution in [0.15, 0.2) is 24.3 Å². The molecule has 1 aromatic carbocycles. The first kappa shape index (κ1) is 14.2. The first-order chi connectivity index (χ1) is 9.52. The van der Waals surface area contributed by atoms with Gasteiger partial charge in [-0.15, -0.1) is 0 Å². The standard InChI is InChI=1S/C14H13F3N2O/c1-3-18-13-9(15)7-10(16)14(19-13)20-11-6-4-5-8(2)12(11)17/h4-7H,3H2,1-2H3,(H,18,19). The summed E-state index contributed by atoms with van der Waals surface area (Å²) in [5, 5.41) is 2.63. The summed E-state index contributed by atoms with van der Waals surface area (Å²) in [6.07, 6.45) is 0. The van der Waals surface area contributed by atoms with Gasteiger partial charge < -0.3 is 10.1 Å². The summed E-state index contributed by atoms with van der Waals surface area (Å²) >= 11 is 0. The average molecular weight is 282 g/mol. The van der Waals surface area contributed by atoms with Gasteiger partial charge in [-0.05, 0) is 25.5 Å². The molecule has 2 rings (SSSR count). The number of aromatic nitrogens is 1. The summed E-state index contributed by atoms with van der Waals surface area (Å²) in [5.41, 5.74) is 0.358. The van der Waals surface area contributed by atoms with Gasteiger partial charge in [-0.25, -0.2) is 13.2 Å². The molecule has 0 amide bonds. The summed E-state index contributed by atoms with van der Waals surface area (Å²) in [5.74, 6) is -3.22. The lowest BCUT2D eigenvalue weighted by molar-refractivity contribution is 0.394. The Labute approximate surface area is 114 Å². The molecule has 1 heterocycles. The number of nitrogens with zero attached hydrogens (tertiary/aromatic N) is 1. The maximum atomic E-state index is 13.8. The molecular weight excluding hydrogens is 269 g/mol. The fraction of sp³-hybridized carbons (Fsp3) is 0.214.